The number of nitrogens with zero attached hydrogens (tertiary/aromatic N) is 2. The second kappa shape index (κ2) is 9.94. The summed E-state index contributed by atoms with van der Waals surface area (Å²) in [5.41, 5.74) is 6.37. The van der Waals surface area contributed by atoms with E-state index in [-0.39, 0.29) is 5.91 Å². The first-order valence-electron chi connectivity index (χ1n) is 10.3. The van der Waals surface area contributed by atoms with Crippen LogP contribution in [0, 0.1) is 0 Å². The summed E-state index contributed by atoms with van der Waals surface area (Å²) in [6.07, 6.45) is 0.672. The molecule has 0 aliphatic carbocycles. The fraction of sp³-hybridized carbons (Fsp3) is 0.160. The molecule has 0 atom stereocenters. The van der Waals surface area contributed by atoms with E-state index >= 15 is 0 Å². The van der Waals surface area contributed by atoms with E-state index in [1.54, 1.807) is 6.07 Å². The van der Waals surface area contributed by atoms with Gasteiger partial charge in [-0.1, -0.05) is 36.7 Å². The Balaban J connectivity index is 1.69. The molecule has 0 aliphatic heterocycles. The highest BCUT2D eigenvalue weighted by molar-refractivity contribution is 7.18. The molecular formula is C25H22ClN3O2S. The molecular weight excluding hydrogens is 442 g/mol. The van der Waals surface area contributed by atoms with Gasteiger partial charge in [-0.2, -0.15) is 5.10 Å². The highest BCUT2D eigenvalue weighted by atomic mass is 35.5. The lowest BCUT2D eigenvalue weighted by atomic mass is 10.0. The Morgan fingerprint density at radius 3 is 2.56 bits per heavy atom. The Labute approximate surface area is 195 Å². The molecule has 4 rings (SSSR count). The molecule has 5 nitrogen and oxygen atoms in total. The first-order valence-corrected chi connectivity index (χ1v) is 11.5. The number of nitrogens with one attached hydrogen (secondary N) is 1. The predicted molar refractivity (Wildman–Crippen MR) is 132 cm³/mol. The van der Waals surface area contributed by atoms with Gasteiger partial charge in [-0.3, -0.25) is 4.79 Å². The normalized spacial score (nSPS) is 11.5. The molecule has 0 saturated carbocycles. The average Bonchev–Trinajstić information content (AvgIpc) is 3.25. The molecule has 32 heavy (non-hydrogen) atoms. The molecule has 1 amide bonds. The highest BCUT2D eigenvalue weighted by Gasteiger charge is 2.14. The van der Waals surface area contributed by atoms with Crippen LogP contribution in [0.1, 0.15) is 35.5 Å². The molecule has 0 spiro atoms. The number of aromatic nitrogens is 1. The smallest absolute Gasteiger partial charge is 0.272 e. The van der Waals surface area contributed by atoms with Crippen molar-refractivity contribution in [2.45, 2.75) is 20.3 Å². The maximum absolute atomic E-state index is 13.1. The average molecular weight is 464 g/mol. The van der Waals surface area contributed by atoms with Gasteiger partial charge in [0.1, 0.15) is 5.75 Å². The molecule has 1 N–H and O–H groups in total. The minimum Gasteiger partial charge on any atom is -0.494 e. The molecule has 2 heterocycles. The van der Waals surface area contributed by atoms with Crippen molar-refractivity contribution in [2.75, 3.05) is 6.61 Å². The van der Waals surface area contributed by atoms with Crippen molar-refractivity contribution in [3.63, 3.8) is 0 Å². The summed E-state index contributed by atoms with van der Waals surface area (Å²) in [6.45, 7) is 4.55. The van der Waals surface area contributed by atoms with Crippen molar-refractivity contribution in [3.8, 4) is 17.0 Å². The SMILES string of the molecule is CCOc1ccc(-c2cc(C(=O)NN=C(CC)c3ccc(Cl)s3)c3ccccc3n2)cc1. The number of ether oxygens (including phenoxy) is 1. The quantitative estimate of drug-likeness (QED) is 0.249. The molecule has 0 fully saturated rings. The van der Waals surface area contributed by atoms with E-state index in [0.29, 0.717) is 28.6 Å². The third-order valence-electron chi connectivity index (χ3n) is 4.91. The molecule has 0 bridgehead atoms. The van der Waals surface area contributed by atoms with Crippen LogP contribution in [0.5, 0.6) is 5.75 Å². The van der Waals surface area contributed by atoms with Crippen LogP contribution < -0.4 is 10.2 Å². The minimum absolute atomic E-state index is 0.288. The number of benzene rings is 2. The third-order valence-corrected chi connectivity index (χ3v) is 6.19. The number of carbonyl (C=O) groups is 1. The van der Waals surface area contributed by atoms with Crippen molar-refractivity contribution >= 4 is 45.5 Å². The number of fused-ring (bicyclic) bond motifs is 1. The van der Waals surface area contributed by atoms with Gasteiger partial charge in [0.05, 0.1) is 38.3 Å². The number of amides is 1. The highest BCUT2D eigenvalue weighted by Crippen LogP contribution is 2.27. The number of halogens is 1. The number of carbonyl (C=O) groups excluding carboxylic acids is 1. The topological polar surface area (TPSA) is 63.6 Å². The zero-order valence-electron chi connectivity index (χ0n) is 17.8. The second-order valence-electron chi connectivity index (χ2n) is 6.99. The van der Waals surface area contributed by atoms with E-state index < -0.39 is 0 Å². The van der Waals surface area contributed by atoms with Gasteiger partial charge in [-0.15, -0.1) is 11.3 Å². The Bertz CT molecular complexity index is 1280. The Hall–Kier alpha value is -3.22. The fourth-order valence-electron chi connectivity index (χ4n) is 3.36. The fourth-order valence-corrected chi connectivity index (χ4v) is 4.46. The van der Waals surface area contributed by atoms with Crippen LogP contribution in [0.3, 0.4) is 0 Å². The first-order chi connectivity index (χ1) is 15.6. The van der Waals surface area contributed by atoms with E-state index in [0.717, 1.165) is 32.8 Å². The lowest BCUT2D eigenvalue weighted by molar-refractivity contribution is 0.0956. The molecule has 2 aromatic carbocycles. The van der Waals surface area contributed by atoms with Gasteiger partial charge in [0.15, 0.2) is 0 Å². The van der Waals surface area contributed by atoms with E-state index in [9.17, 15) is 4.79 Å². The Morgan fingerprint density at radius 1 is 1.09 bits per heavy atom. The number of pyridine rings is 1. The molecule has 4 aromatic rings. The summed E-state index contributed by atoms with van der Waals surface area (Å²) >= 11 is 7.49. The van der Waals surface area contributed by atoms with Crippen LogP contribution in [-0.4, -0.2) is 23.2 Å². The number of hydrogen-bond acceptors (Lipinski definition) is 5. The number of rotatable bonds is 7. The largest absolute Gasteiger partial charge is 0.494 e. The summed E-state index contributed by atoms with van der Waals surface area (Å²) in [5.74, 6) is 0.509. The molecule has 2 aromatic heterocycles. The van der Waals surface area contributed by atoms with Gasteiger partial charge in [0, 0.05) is 10.9 Å². The monoisotopic (exact) mass is 463 g/mol. The zero-order chi connectivity index (χ0) is 22.5. The molecule has 7 heteroatoms. The maximum atomic E-state index is 13.1. The third kappa shape index (κ3) is 4.82. The van der Waals surface area contributed by atoms with E-state index in [1.165, 1.54) is 11.3 Å². The summed E-state index contributed by atoms with van der Waals surface area (Å²) in [5, 5.41) is 5.15. The number of para-hydroxylation sites is 1. The van der Waals surface area contributed by atoms with Gasteiger partial charge < -0.3 is 4.74 Å². The number of hydrogen-bond donors (Lipinski definition) is 1. The van der Waals surface area contributed by atoms with Crippen molar-refractivity contribution in [1.29, 1.82) is 0 Å². The van der Waals surface area contributed by atoms with Crippen LogP contribution >= 0.6 is 22.9 Å². The lowest BCUT2D eigenvalue weighted by Crippen LogP contribution is -2.20. The van der Waals surface area contributed by atoms with Gasteiger partial charge >= 0.3 is 0 Å². The minimum atomic E-state index is -0.288. The van der Waals surface area contributed by atoms with Crippen LogP contribution in [-0.2, 0) is 0 Å². The van der Waals surface area contributed by atoms with Crippen LogP contribution in [0.15, 0.2) is 71.8 Å². The summed E-state index contributed by atoms with van der Waals surface area (Å²) < 4.78 is 6.21. The standard InChI is InChI=1S/C25H22ClN3O2S/c1-3-20(23-13-14-24(26)32-23)28-29-25(30)19-15-22(27-21-8-6-5-7-18(19)21)16-9-11-17(12-10-16)31-4-2/h5-15H,3-4H2,1-2H3,(H,29,30). The van der Waals surface area contributed by atoms with Gasteiger partial charge in [0.25, 0.3) is 5.91 Å². The molecule has 0 aliphatic rings. The van der Waals surface area contributed by atoms with Crippen molar-refractivity contribution in [2.24, 2.45) is 5.10 Å². The maximum Gasteiger partial charge on any atom is 0.272 e. The van der Waals surface area contributed by atoms with Crippen molar-refractivity contribution in [1.82, 2.24) is 10.4 Å². The predicted octanol–water partition coefficient (Wildman–Crippen LogP) is 6.56. The van der Waals surface area contributed by atoms with Crippen LogP contribution in [0.2, 0.25) is 4.34 Å². The van der Waals surface area contributed by atoms with E-state index in [1.807, 2.05) is 74.5 Å². The van der Waals surface area contributed by atoms with E-state index in [2.05, 4.69) is 10.5 Å². The van der Waals surface area contributed by atoms with Gasteiger partial charge in [-0.05, 0) is 61.9 Å². The number of thiophene rings is 1. The van der Waals surface area contributed by atoms with Crippen LogP contribution in [0.25, 0.3) is 22.2 Å². The summed E-state index contributed by atoms with van der Waals surface area (Å²) in [4.78, 5) is 18.8. The molecule has 162 valence electrons. The van der Waals surface area contributed by atoms with Crippen molar-refractivity contribution in [3.05, 3.63) is 81.5 Å². The molecule has 0 radical (unpaired) electrons. The molecule has 0 saturated heterocycles. The second-order valence-corrected chi connectivity index (χ2v) is 8.70. The Kier molecular flexibility index (Phi) is 6.83. The summed E-state index contributed by atoms with van der Waals surface area (Å²) in [7, 11) is 0. The molecule has 0 unspecified atom stereocenters. The van der Waals surface area contributed by atoms with Gasteiger partial charge in [-0.25, -0.2) is 10.4 Å². The van der Waals surface area contributed by atoms with Crippen LogP contribution in [0.4, 0.5) is 0 Å². The number of hydrazone groups is 1. The Morgan fingerprint density at radius 2 is 1.88 bits per heavy atom. The lowest BCUT2D eigenvalue weighted by Gasteiger charge is -2.10. The summed E-state index contributed by atoms with van der Waals surface area (Å²) in [6, 6.07) is 20.8. The first kappa shape index (κ1) is 22.0. The van der Waals surface area contributed by atoms with E-state index in [4.69, 9.17) is 21.3 Å². The zero-order valence-corrected chi connectivity index (χ0v) is 19.3. The van der Waals surface area contributed by atoms with Gasteiger partial charge in [0.2, 0.25) is 0 Å². The van der Waals surface area contributed by atoms with Crippen molar-refractivity contribution < 1.29 is 9.53 Å².